The van der Waals surface area contributed by atoms with E-state index in [1.54, 1.807) is 6.08 Å². The number of ether oxygens (including phenoxy) is 1. The SMILES string of the molecule is C=CCn1c(SCC(=O)Nc2sc3c(c2C(=O)OC)CCC(C)C3)nnc1C(C)C. The van der Waals surface area contributed by atoms with Crippen LogP contribution in [-0.4, -0.2) is 39.5 Å². The Bertz CT molecular complexity index is 948. The van der Waals surface area contributed by atoms with Crippen LogP contribution in [0.4, 0.5) is 5.00 Å². The molecule has 1 atom stereocenters. The Kier molecular flexibility index (Phi) is 7.36. The smallest absolute Gasteiger partial charge is 0.341 e. The largest absolute Gasteiger partial charge is 0.465 e. The van der Waals surface area contributed by atoms with E-state index in [0.717, 1.165) is 30.7 Å². The van der Waals surface area contributed by atoms with Gasteiger partial charge >= 0.3 is 5.97 Å². The highest BCUT2D eigenvalue weighted by Crippen LogP contribution is 2.40. The Morgan fingerprint density at radius 1 is 1.43 bits per heavy atom. The molecule has 3 rings (SSSR count). The number of carbonyl (C=O) groups excluding carboxylic acids is 2. The fraction of sp³-hybridized carbons (Fsp3) is 0.524. The summed E-state index contributed by atoms with van der Waals surface area (Å²) in [4.78, 5) is 26.2. The molecular weight excluding hydrogens is 420 g/mol. The van der Waals surface area contributed by atoms with E-state index in [4.69, 9.17) is 4.74 Å². The molecule has 1 unspecified atom stereocenters. The zero-order chi connectivity index (χ0) is 21.8. The van der Waals surface area contributed by atoms with Crippen LogP contribution in [0.15, 0.2) is 17.8 Å². The summed E-state index contributed by atoms with van der Waals surface area (Å²) in [6, 6.07) is 0. The van der Waals surface area contributed by atoms with Crippen LogP contribution in [0.2, 0.25) is 0 Å². The van der Waals surface area contributed by atoms with Gasteiger partial charge in [0.25, 0.3) is 0 Å². The average Bonchev–Trinajstić information content (AvgIpc) is 3.26. The summed E-state index contributed by atoms with van der Waals surface area (Å²) in [5.74, 6) is 1.27. The van der Waals surface area contributed by atoms with Crippen molar-refractivity contribution in [1.82, 2.24) is 14.8 Å². The lowest BCUT2D eigenvalue weighted by molar-refractivity contribution is -0.113. The van der Waals surface area contributed by atoms with E-state index in [1.807, 2.05) is 4.57 Å². The highest BCUT2D eigenvalue weighted by Gasteiger charge is 2.29. The van der Waals surface area contributed by atoms with E-state index < -0.39 is 5.97 Å². The molecule has 1 aliphatic carbocycles. The van der Waals surface area contributed by atoms with Gasteiger partial charge in [-0.05, 0) is 30.7 Å². The molecule has 0 aliphatic heterocycles. The first kappa shape index (κ1) is 22.6. The molecule has 30 heavy (non-hydrogen) atoms. The van der Waals surface area contributed by atoms with Gasteiger partial charge in [0.1, 0.15) is 10.8 Å². The molecule has 0 saturated heterocycles. The number of methoxy groups -OCH3 is 1. The van der Waals surface area contributed by atoms with Crippen LogP contribution in [-0.2, 0) is 28.9 Å². The lowest BCUT2D eigenvalue weighted by atomic mass is 9.88. The van der Waals surface area contributed by atoms with Gasteiger partial charge in [-0.25, -0.2) is 4.79 Å². The van der Waals surface area contributed by atoms with E-state index in [1.165, 1.54) is 35.1 Å². The van der Waals surface area contributed by atoms with Crippen LogP contribution in [0.25, 0.3) is 0 Å². The normalized spacial score (nSPS) is 15.7. The Labute approximate surface area is 185 Å². The molecular formula is C21H28N4O3S2. The number of nitrogens with one attached hydrogen (secondary N) is 1. The Hall–Kier alpha value is -2.13. The second-order valence-electron chi connectivity index (χ2n) is 7.78. The predicted octanol–water partition coefficient (Wildman–Crippen LogP) is 4.29. The number of anilines is 1. The minimum Gasteiger partial charge on any atom is -0.465 e. The van der Waals surface area contributed by atoms with Gasteiger partial charge in [0, 0.05) is 17.3 Å². The number of esters is 1. The summed E-state index contributed by atoms with van der Waals surface area (Å²) in [5, 5.41) is 12.7. The predicted molar refractivity (Wildman–Crippen MR) is 121 cm³/mol. The second kappa shape index (κ2) is 9.78. The summed E-state index contributed by atoms with van der Waals surface area (Å²) in [6.07, 6.45) is 4.59. The van der Waals surface area contributed by atoms with Crippen molar-refractivity contribution in [3.05, 3.63) is 34.5 Å². The molecule has 9 heteroatoms. The lowest BCUT2D eigenvalue weighted by Gasteiger charge is -2.18. The van der Waals surface area contributed by atoms with Gasteiger partial charge in [0.05, 0.1) is 18.4 Å². The number of allylic oxidation sites excluding steroid dienone is 1. The van der Waals surface area contributed by atoms with Crippen LogP contribution < -0.4 is 5.32 Å². The van der Waals surface area contributed by atoms with E-state index in [9.17, 15) is 9.59 Å². The molecule has 2 heterocycles. The Morgan fingerprint density at radius 3 is 2.87 bits per heavy atom. The number of nitrogens with zero attached hydrogens (tertiary/aromatic N) is 3. The van der Waals surface area contributed by atoms with Crippen molar-refractivity contribution < 1.29 is 14.3 Å². The molecule has 0 aromatic carbocycles. The van der Waals surface area contributed by atoms with E-state index in [-0.39, 0.29) is 17.6 Å². The number of amides is 1. The summed E-state index contributed by atoms with van der Waals surface area (Å²) in [6.45, 7) is 10.7. The monoisotopic (exact) mass is 448 g/mol. The maximum absolute atomic E-state index is 12.7. The molecule has 2 aromatic heterocycles. The number of rotatable bonds is 8. The molecule has 1 N–H and O–H groups in total. The molecule has 1 amide bonds. The van der Waals surface area contributed by atoms with E-state index >= 15 is 0 Å². The minimum absolute atomic E-state index is 0.174. The number of fused-ring (bicyclic) bond motifs is 1. The van der Waals surface area contributed by atoms with Crippen LogP contribution in [0.5, 0.6) is 0 Å². The fourth-order valence-electron chi connectivity index (χ4n) is 3.58. The number of thiophene rings is 1. The fourth-order valence-corrected chi connectivity index (χ4v) is 5.75. The number of aromatic nitrogens is 3. The van der Waals surface area contributed by atoms with Crippen LogP contribution in [0.3, 0.4) is 0 Å². The number of thioether (sulfide) groups is 1. The standard InChI is InChI=1S/C21H28N4O3S2/c1-6-9-25-18(12(2)3)23-24-21(25)29-11-16(26)22-19-17(20(27)28-5)14-8-7-13(4)10-15(14)30-19/h6,12-13H,1,7-11H2,2-5H3,(H,22,26). The van der Waals surface area contributed by atoms with Gasteiger partial charge in [-0.15, -0.1) is 28.1 Å². The quantitative estimate of drug-likeness (QED) is 0.368. The molecule has 0 saturated carbocycles. The zero-order valence-electron chi connectivity index (χ0n) is 17.9. The third-order valence-electron chi connectivity index (χ3n) is 5.06. The van der Waals surface area contributed by atoms with Gasteiger partial charge in [-0.3, -0.25) is 4.79 Å². The van der Waals surface area contributed by atoms with Gasteiger partial charge < -0.3 is 14.6 Å². The summed E-state index contributed by atoms with van der Waals surface area (Å²) >= 11 is 2.82. The molecule has 7 nitrogen and oxygen atoms in total. The van der Waals surface area contributed by atoms with Crippen molar-refractivity contribution in [2.75, 3.05) is 18.2 Å². The molecule has 0 fully saturated rings. The highest BCUT2D eigenvalue weighted by molar-refractivity contribution is 7.99. The van der Waals surface area contributed by atoms with Crippen molar-refractivity contribution in [3.8, 4) is 0 Å². The van der Waals surface area contributed by atoms with Crippen molar-refractivity contribution in [2.24, 2.45) is 5.92 Å². The van der Waals surface area contributed by atoms with E-state index in [2.05, 4.69) is 42.9 Å². The maximum atomic E-state index is 12.7. The Morgan fingerprint density at radius 2 is 2.20 bits per heavy atom. The van der Waals surface area contributed by atoms with Gasteiger partial charge in [0.15, 0.2) is 5.16 Å². The number of hydrogen-bond donors (Lipinski definition) is 1. The van der Waals surface area contributed by atoms with Crippen molar-refractivity contribution in [1.29, 1.82) is 0 Å². The molecule has 162 valence electrons. The Balaban J connectivity index is 1.74. The first-order valence-electron chi connectivity index (χ1n) is 10.0. The van der Waals surface area contributed by atoms with Crippen molar-refractivity contribution in [3.63, 3.8) is 0 Å². The van der Waals surface area contributed by atoms with Crippen LogP contribution >= 0.6 is 23.1 Å². The maximum Gasteiger partial charge on any atom is 0.341 e. The van der Waals surface area contributed by atoms with Crippen LogP contribution in [0, 0.1) is 5.92 Å². The minimum atomic E-state index is -0.391. The van der Waals surface area contributed by atoms with Crippen LogP contribution in [0.1, 0.15) is 59.7 Å². The molecule has 0 spiro atoms. The second-order valence-corrected chi connectivity index (χ2v) is 9.83. The first-order valence-corrected chi connectivity index (χ1v) is 11.8. The molecule has 2 aromatic rings. The summed E-state index contributed by atoms with van der Waals surface area (Å²) in [7, 11) is 1.37. The van der Waals surface area contributed by atoms with Gasteiger partial charge in [-0.1, -0.05) is 38.6 Å². The molecule has 0 radical (unpaired) electrons. The first-order chi connectivity index (χ1) is 14.3. The molecule has 0 bridgehead atoms. The zero-order valence-corrected chi connectivity index (χ0v) is 19.5. The lowest BCUT2D eigenvalue weighted by Crippen LogP contribution is -2.17. The third-order valence-corrected chi connectivity index (χ3v) is 7.20. The number of hydrogen-bond acceptors (Lipinski definition) is 7. The molecule has 1 aliphatic rings. The topological polar surface area (TPSA) is 86.1 Å². The van der Waals surface area contributed by atoms with Gasteiger partial charge in [-0.2, -0.15) is 0 Å². The van der Waals surface area contributed by atoms with Crippen molar-refractivity contribution >= 4 is 40.0 Å². The average molecular weight is 449 g/mol. The highest BCUT2D eigenvalue weighted by atomic mass is 32.2. The third kappa shape index (κ3) is 4.78. The van der Waals surface area contributed by atoms with Gasteiger partial charge in [0.2, 0.25) is 5.91 Å². The van der Waals surface area contributed by atoms with E-state index in [0.29, 0.717) is 28.2 Å². The number of carbonyl (C=O) groups is 2. The summed E-state index contributed by atoms with van der Waals surface area (Å²) in [5.41, 5.74) is 1.54. The summed E-state index contributed by atoms with van der Waals surface area (Å²) < 4.78 is 6.96. The van der Waals surface area contributed by atoms with Crippen molar-refractivity contribution in [2.45, 2.75) is 57.7 Å².